The van der Waals surface area contributed by atoms with Crippen LogP contribution in [-0.2, 0) is 4.74 Å². The minimum atomic E-state index is 0.340. The van der Waals surface area contributed by atoms with Gasteiger partial charge in [-0.2, -0.15) is 4.98 Å². The van der Waals surface area contributed by atoms with Crippen molar-refractivity contribution >= 4 is 57.2 Å². The lowest BCUT2D eigenvalue weighted by Gasteiger charge is -2.40. The molecule has 0 unspecified atom stereocenters. The molecule has 2 aliphatic heterocycles. The first kappa shape index (κ1) is 28.8. The van der Waals surface area contributed by atoms with Crippen LogP contribution in [0.25, 0.3) is 27.8 Å². The fraction of sp³-hybridized carbons (Fsp3) is 0.355. The molecule has 0 spiro atoms. The lowest BCUT2D eigenvalue weighted by atomic mass is 10.0. The van der Waals surface area contributed by atoms with Gasteiger partial charge >= 0.3 is 0 Å². The summed E-state index contributed by atoms with van der Waals surface area (Å²) in [6, 6.07) is 12.6. The van der Waals surface area contributed by atoms with Gasteiger partial charge in [0, 0.05) is 72.4 Å². The van der Waals surface area contributed by atoms with E-state index in [1.165, 1.54) is 32.7 Å². The molecule has 0 aliphatic carbocycles. The molecule has 5 aromatic rings. The molecule has 0 bridgehead atoms. The second kappa shape index (κ2) is 12.2. The number of halogens is 2. The SMILES string of the molecule is COc1cc(OC)c(Cl)c(-c2cc3cnc(Nc4ccc(N5CCC(N6CCOCC6)CC5)cc4)nc3n3cnnc23)c1Cl. The molecule has 44 heavy (non-hydrogen) atoms. The summed E-state index contributed by atoms with van der Waals surface area (Å²) in [6.45, 7) is 5.90. The fourth-order valence-electron chi connectivity index (χ4n) is 6.15. The lowest BCUT2D eigenvalue weighted by molar-refractivity contribution is 0.0115. The highest BCUT2D eigenvalue weighted by molar-refractivity contribution is 6.41. The number of rotatable bonds is 7. The molecule has 1 N–H and O–H groups in total. The number of benzene rings is 2. The van der Waals surface area contributed by atoms with Gasteiger partial charge in [0.2, 0.25) is 5.95 Å². The van der Waals surface area contributed by atoms with Gasteiger partial charge in [0.25, 0.3) is 0 Å². The summed E-state index contributed by atoms with van der Waals surface area (Å²) >= 11 is 13.5. The molecule has 3 aromatic heterocycles. The molecule has 0 radical (unpaired) electrons. The van der Waals surface area contributed by atoms with Crippen LogP contribution in [-0.4, -0.2) is 89.1 Å². The maximum absolute atomic E-state index is 6.74. The normalized spacial score (nSPS) is 16.5. The van der Waals surface area contributed by atoms with Crippen LogP contribution >= 0.6 is 23.2 Å². The van der Waals surface area contributed by atoms with Crippen molar-refractivity contribution < 1.29 is 14.2 Å². The van der Waals surface area contributed by atoms with Crippen molar-refractivity contribution in [1.29, 1.82) is 0 Å². The summed E-state index contributed by atoms with van der Waals surface area (Å²) in [6.07, 6.45) is 5.70. The van der Waals surface area contributed by atoms with Crippen molar-refractivity contribution in [1.82, 2.24) is 29.5 Å². The van der Waals surface area contributed by atoms with Gasteiger partial charge in [-0.05, 0) is 43.2 Å². The molecule has 2 aliphatic rings. The Balaban J connectivity index is 1.12. The number of nitrogens with one attached hydrogen (secondary N) is 1. The van der Waals surface area contributed by atoms with Gasteiger partial charge in [-0.15, -0.1) is 10.2 Å². The van der Waals surface area contributed by atoms with Crippen LogP contribution in [0.1, 0.15) is 12.8 Å². The van der Waals surface area contributed by atoms with Crippen molar-refractivity contribution in [3.63, 3.8) is 0 Å². The van der Waals surface area contributed by atoms with Gasteiger partial charge in [-0.1, -0.05) is 23.2 Å². The second-order valence-corrected chi connectivity index (χ2v) is 11.6. The van der Waals surface area contributed by atoms with E-state index in [2.05, 4.69) is 54.6 Å². The first-order valence-electron chi connectivity index (χ1n) is 14.6. The third kappa shape index (κ3) is 5.34. The number of ether oxygens (including phenoxy) is 3. The van der Waals surface area contributed by atoms with E-state index >= 15 is 0 Å². The Hall–Kier alpha value is -3.90. The number of nitrogens with zero attached hydrogens (tertiary/aromatic N) is 7. The number of piperidine rings is 1. The van der Waals surface area contributed by atoms with Crippen LogP contribution in [0, 0.1) is 0 Å². The van der Waals surface area contributed by atoms with Crippen LogP contribution in [0.15, 0.2) is 48.9 Å². The monoisotopic (exact) mass is 634 g/mol. The predicted octanol–water partition coefficient (Wildman–Crippen LogP) is 5.71. The fourth-order valence-corrected chi connectivity index (χ4v) is 6.86. The summed E-state index contributed by atoms with van der Waals surface area (Å²) in [7, 11) is 3.08. The Morgan fingerprint density at radius 1 is 0.909 bits per heavy atom. The molecule has 13 heteroatoms. The van der Waals surface area contributed by atoms with E-state index in [9.17, 15) is 0 Å². The number of morpholine rings is 1. The summed E-state index contributed by atoms with van der Waals surface area (Å²) in [5.74, 6) is 1.32. The zero-order valence-electron chi connectivity index (χ0n) is 24.5. The Labute approximate surface area is 264 Å². The summed E-state index contributed by atoms with van der Waals surface area (Å²) in [5.41, 5.74) is 4.46. The van der Waals surface area contributed by atoms with E-state index in [0.29, 0.717) is 56.0 Å². The predicted molar refractivity (Wildman–Crippen MR) is 172 cm³/mol. The Kier molecular flexibility index (Phi) is 8.02. The molecule has 2 aromatic carbocycles. The van der Waals surface area contributed by atoms with E-state index in [4.69, 9.17) is 42.4 Å². The van der Waals surface area contributed by atoms with Crippen molar-refractivity contribution in [2.45, 2.75) is 18.9 Å². The van der Waals surface area contributed by atoms with E-state index in [1.54, 1.807) is 23.0 Å². The Bertz CT molecular complexity index is 1770. The van der Waals surface area contributed by atoms with E-state index in [0.717, 1.165) is 50.5 Å². The van der Waals surface area contributed by atoms with E-state index < -0.39 is 0 Å². The van der Waals surface area contributed by atoms with Crippen molar-refractivity contribution in [3.8, 4) is 22.6 Å². The molecule has 0 atom stereocenters. The highest BCUT2D eigenvalue weighted by atomic mass is 35.5. The largest absolute Gasteiger partial charge is 0.495 e. The lowest BCUT2D eigenvalue weighted by Crippen LogP contribution is -2.49. The smallest absolute Gasteiger partial charge is 0.229 e. The summed E-state index contributed by atoms with van der Waals surface area (Å²) in [4.78, 5) is 14.4. The maximum atomic E-state index is 6.74. The van der Waals surface area contributed by atoms with Gasteiger partial charge in [0.15, 0.2) is 11.3 Å². The number of methoxy groups -OCH3 is 2. The van der Waals surface area contributed by atoms with Gasteiger partial charge in [-0.25, -0.2) is 4.98 Å². The molecule has 11 nitrogen and oxygen atoms in total. The first-order chi connectivity index (χ1) is 21.5. The van der Waals surface area contributed by atoms with Crippen molar-refractivity contribution in [2.24, 2.45) is 0 Å². The highest BCUT2D eigenvalue weighted by Crippen LogP contribution is 2.47. The highest BCUT2D eigenvalue weighted by Gasteiger charge is 2.26. The Morgan fingerprint density at radius 2 is 1.61 bits per heavy atom. The van der Waals surface area contributed by atoms with Gasteiger partial charge < -0.3 is 24.4 Å². The molecule has 0 amide bonds. The van der Waals surface area contributed by atoms with Gasteiger partial charge in [-0.3, -0.25) is 9.30 Å². The number of hydrogen-bond donors (Lipinski definition) is 1. The average molecular weight is 636 g/mol. The second-order valence-electron chi connectivity index (χ2n) is 10.9. The molecule has 5 heterocycles. The quantitative estimate of drug-likeness (QED) is 0.239. The van der Waals surface area contributed by atoms with Crippen LogP contribution in [0.3, 0.4) is 0 Å². The Morgan fingerprint density at radius 3 is 2.30 bits per heavy atom. The number of hydrogen-bond acceptors (Lipinski definition) is 10. The zero-order chi connectivity index (χ0) is 30.2. The van der Waals surface area contributed by atoms with Crippen molar-refractivity contribution in [2.75, 3.05) is 63.8 Å². The number of anilines is 3. The standard InChI is InChI=1S/C31H32Cl2N8O3/c1-42-24-16-25(43-2)28(33)26(27(24)32)23-15-19-17-34-31(37-29(19)41-18-35-38-30(23)41)36-20-3-5-21(6-4-20)39-9-7-22(8-10-39)40-11-13-44-14-12-40/h3-6,15-18,22H,7-14H2,1-2H3,(H,34,36,37). The van der Waals surface area contributed by atoms with Crippen LogP contribution < -0.4 is 19.7 Å². The van der Waals surface area contributed by atoms with Crippen LogP contribution in [0.4, 0.5) is 17.3 Å². The average Bonchev–Trinajstić information content (AvgIpc) is 3.57. The topological polar surface area (TPSA) is 102 Å². The third-order valence-electron chi connectivity index (χ3n) is 8.47. The minimum Gasteiger partial charge on any atom is -0.495 e. The van der Waals surface area contributed by atoms with Gasteiger partial charge in [0.1, 0.15) is 17.8 Å². The third-order valence-corrected chi connectivity index (χ3v) is 9.22. The first-order valence-corrected chi connectivity index (χ1v) is 15.3. The molecular weight excluding hydrogens is 603 g/mol. The molecule has 228 valence electrons. The minimum absolute atomic E-state index is 0.340. The van der Waals surface area contributed by atoms with E-state index in [1.807, 2.05) is 6.07 Å². The maximum Gasteiger partial charge on any atom is 0.229 e. The van der Waals surface area contributed by atoms with Crippen LogP contribution in [0.2, 0.25) is 10.0 Å². The number of fused-ring (bicyclic) bond motifs is 3. The van der Waals surface area contributed by atoms with E-state index in [-0.39, 0.29) is 0 Å². The van der Waals surface area contributed by atoms with Crippen LogP contribution in [0.5, 0.6) is 11.5 Å². The molecule has 2 saturated heterocycles. The van der Waals surface area contributed by atoms with Crippen molar-refractivity contribution in [3.05, 3.63) is 59.0 Å². The number of pyridine rings is 1. The molecular formula is C31H32Cl2N8O3. The zero-order valence-corrected chi connectivity index (χ0v) is 26.0. The van der Waals surface area contributed by atoms with Gasteiger partial charge in [0.05, 0.1) is 37.5 Å². The molecule has 0 saturated carbocycles. The summed E-state index contributed by atoms with van der Waals surface area (Å²) < 4.78 is 18.3. The molecule has 7 rings (SSSR count). The summed E-state index contributed by atoms with van der Waals surface area (Å²) in [5, 5.41) is 13.3. The number of aromatic nitrogens is 5. The molecule has 2 fully saturated rings.